The highest BCUT2D eigenvalue weighted by atomic mass is 16.5. The fourth-order valence-electron chi connectivity index (χ4n) is 3.64. The highest BCUT2D eigenvalue weighted by Crippen LogP contribution is 2.37. The van der Waals surface area contributed by atoms with Gasteiger partial charge in [0.2, 0.25) is 0 Å². The van der Waals surface area contributed by atoms with Gasteiger partial charge in [0.05, 0.1) is 35.1 Å². The van der Waals surface area contributed by atoms with Crippen molar-refractivity contribution in [2.45, 2.75) is 31.8 Å². The van der Waals surface area contributed by atoms with Crippen molar-refractivity contribution < 1.29 is 4.74 Å². The van der Waals surface area contributed by atoms with Crippen LogP contribution in [-0.2, 0) is 11.3 Å². The molecule has 2 aliphatic heterocycles. The van der Waals surface area contributed by atoms with Crippen molar-refractivity contribution in [2.75, 3.05) is 23.8 Å². The van der Waals surface area contributed by atoms with E-state index < -0.39 is 0 Å². The Morgan fingerprint density at radius 3 is 2.77 bits per heavy atom. The summed E-state index contributed by atoms with van der Waals surface area (Å²) in [6, 6.07) is 16.3. The van der Waals surface area contributed by atoms with Crippen molar-refractivity contribution in [1.29, 1.82) is 5.26 Å². The van der Waals surface area contributed by atoms with Gasteiger partial charge in [0.15, 0.2) is 0 Å². The van der Waals surface area contributed by atoms with Crippen molar-refractivity contribution >= 4 is 17.2 Å². The maximum absolute atomic E-state index is 9.18. The number of nitrogens with one attached hydrogen (secondary N) is 2. The Morgan fingerprint density at radius 2 is 2.00 bits per heavy atom. The standard InChI is InChI=1S/C21H22N4O/c1-15-3-2-4-17(11-15)14-23-20-21(7-9-26-10-8-21)25-18-6-5-16(13-22)12-19(18)24-20/h2-6,11-12,25H,7-10,14H2,1H3,(H,23,24). The zero-order valence-electron chi connectivity index (χ0n) is 14.9. The summed E-state index contributed by atoms with van der Waals surface area (Å²) in [5.41, 5.74) is 4.76. The monoisotopic (exact) mass is 346 g/mol. The lowest BCUT2D eigenvalue weighted by Crippen LogP contribution is -2.55. The molecule has 0 aliphatic carbocycles. The van der Waals surface area contributed by atoms with Crippen LogP contribution in [0.4, 0.5) is 11.4 Å². The number of ether oxygens (including phenoxy) is 1. The van der Waals surface area contributed by atoms with Crippen molar-refractivity contribution in [3.8, 4) is 6.07 Å². The second kappa shape index (κ2) is 6.81. The Balaban J connectivity index is 1.69. The van der Waals surface area contributed by atoms with E-state index in [9.17, 15) is 5.26 Å². The van der Waals surface area contributed by atoms with E-state index in [1.807, 2.05) is 18.2 Å². The molecule has 2 heterocycles. The predicted molar refractivity (Wildman–Crippen MR) is 104 cm³/mol. The molecule has 5 heteroatoms. The third kappa shape index (κ3) is 3.16. The first-order chi connectivity index (χ1) is 12.7. The van der Waals surface area contributed by atoms with E-state index in [0.717, 1.165) is 30.1 Å². The second-order valence-electron chi connectivity index (χ2n) is 6.97. The van der Waals surface area contributed by atoms with Crippen LogP contribution in [0.1, 0.15) is 29.5 Å². The van der Waals surface area contributed by atoms with Gasteiger partial charge in [-0.1, -0.05) is 29.8 Å². The molecule has 2 N–H and O–H groups in total. The van der Waals surface area contributed by atoms with Gasteiger partial charge < -0.3 is 15.4 Å². The van der Waals surface area contributed by atoms with Crippen molar-refractivity contribution in [3.63, 3.8) is 0 Å². The maximum atomic E-state index is 9.18. The molecule has 0 atom stereocenters. The molecule has 0 bridgehead atoms. The van der Waals surface area contributed by atoms with Gasteiger partial charge in [-0.25, -0.2) is 0 Å². The number of anilines is 2. The number of aliphatic imine (C=N–C) groups is 1. The fourth-order valence-corrected chi connectivity index (χ4v) is 3.64. The molecule has 1 spiro atoms. The van der Waals surface area contributed by atoms with Gasteiger partial charge in [0, 0.05) is 26.1 Å². The van der Waals surface area contributed by atoms with Crippen LogP contribution in [0.15, 0.2) is 47.5 Å². The van der Waals surface area contributed by atoms with Crippen LogP contribution in [0.3, 0.4) is 0 Å². The number of benzene rings is 2. The molecule has 132 valence electrons. The first-order valence-electron chi connectivity index (χ1n) is 8.96. The lowest BCUT2D eigenvalue weighted by atomic mass is 9.86. The molecule has 4 rings (SSSR count). The van der Waals surface area contributed by atoms with Gasteiger partial charge in [0.25, 0.3) is 0 Å². The summed E-state index contributed by atoms with van der Waals surface area (Å²) in [6.07, 6.45) is 1.73. The molecule has 5 nitrogen and oxygen atoms in total. The van der Waals surface area contributed by atoms with Crippen LogP contribution >= 0.6 is 0 Å². The summed E-state index contributed by atoms with van der Waals surface area (Å²) >= 11 is 0. The van der Waals surface area contributed by atoms with Crippen molar-refractivity contribution in [3.05, 3.63) is 59.2 Å². The Kier molecular flexibility index (Phi) is 4.36. The van der Waals surface area contributed by atoms with Crippen LogP contribution in [0.25, 0.3) is 0 Å². The first-order valence-corrected chi connectivity index (χ1v) is 8.96. The minimum absolute atomic E-state index is 0.233. The van der Waals surface area contributed by atoms with Gasteiger partial charge in [-0.3, -0.25) is 4.99 Å². The van der Waals surface area contributed by atoms with Crippen LogP contribution in [-0.4, -0.2) is 24.6 Å². The molecule has 0 radical (unpaired) electrons. The average Bonchev–Trinajstić information content (AvgIpc) is 2.67. The molecule has 1 fully saturated rings. The van der Waals surface area contributed by atoms with Crippen molar-refractivity contribution in [2.24, 2.45) is 4.99 Å². The maximum Gasteiger partial charge on any atom is 0.127 e. The molecular formula is C21H22N4O. The number of nitrogens with zero attached hydrogens (tertiary/aromatic N) is 2. The molecule has 0 saturated carbocycles. The number of rotatable bonds is 2. The first kappa shape index (κ1) is 16.6. The Hall–Kier alpha value is -2.84. The normalized spacial score (nSPS) is 19.3. The molecule has 0 unspecified atom stereocenters. The van der Waals surface area contributed by atoms with E-state index in [-0.39, 0.29) is 5.54 Å². The minimum atomic E-state index is -0.233. The highest BCUT2D eigenvalue weighted by Gasteiger charge is 2.41. The number of amidine groups is 1. The topological polar surface area (TPSA) is 69.4 Å². The van der Waals surface area contributed by atoms with E-state index >= 15 is 0 Å². The number of nitriles is 1. The van der Waals surface area contributed by atoms with E-state index in [2.05, 4.69) is 47.9 Å². The summed E-state index contributed by atoms with van der Waals surface area (Å²) in [6.45, 7) is 4.14. The van der Waals surface area contributed by atoms with Crippen molar-refractivity contribution in [1.82, 2.24) is 0 Å². The highest BCUT2D eigenvalue weighted by molar-refractivity contribution is 6.09. The number of fused-ring (bicyclic) bond motifs is 1. The second-order valence-corrected chi connectivity index (χ2v) is 6.97. The third-order valence-electron chi connectivity index (χ3n) is 5.08. The van der Waals surface area contributed by atoms with Crippen LogP contribution in [0, 0.1) is 18.3 Å². The van der Waals surface area contributed by atoms with Gasteiger partial charge >= 0.3 is 0 Å². The lowest BCUT2D eigenvalue weighted by molar-refractivity contribution is 0.0778. The summed E-state index contributed by atoms with van der Waals surface area (Å²) in [7, 11) is 0. The number of hydrogen-bond acceptors (Lipinski definition) is 4. The van der Waals surface area contributed by atoms with E-state index in [1.165, 1.54) is 11.1 Å². The third-order valence-corrected chi connectivity index (χ3v) is 5.08. The van der Waals surface area contributed by atoms with Crippen LogP contribution in [0.5, 0.6) is 0 Å². The van der Waals surface area contributed by atoms with Gasteiger partial charge in [-0.05, 0) is 30.7 Å². The Bertz CT molecular complexity index is 891. The smallest absolute Gasteiger partial charge is 0.127 e. The molecule has 0 amide bonds. The summed E-state index contributed by atoms with van der Waals surface area (Å²) in [4.78, 5) is 4.93. The van der Waals surface area contributed by atoms with Gasteiger partial charge in [-0.15, -0.1) is 0 Å². The largest absolute Gasteiger partial charge is 0.381 e. The van der Waals surface area contributed by atoms with E-state index in [0.29, 0.717) is 25.3 Å². The quantitative estimate of drug-likeness (QED) is 0.866. The Morgan fingerprint density at radius 1 is 1.15 bits per heavy atom. The molecule has 2 aliphatic rings. The SMILES string of the molecule is Cc1cccc(CN=C2Nc3cc(C#N)ccc3NC23CCOCC3)c1. The summed E-state index contributed by atoms with van der Waals surface area (Å²) in [5.74, 6) is 0.935. The number of aryl methyl sites for hydroxylation is 1. The molecule has 26 heavy (non-hydrogen) atoms. The average molecular weight is 346 g/mol. The molecule has 1 saturated heterocycles. The zero-order chi connectivity index (χ0) is 18.0. The van der Waals surface area contributed by atoms with E-state index in [1.54, 1.807) is 0 Å². The molecular weight excluding hydrogens is 324 g/mol. The fraction of sp³-hybridized carbons (Fsp3) is 0.333. The van der Waals surface area contributed by atoms with Gasteiger partial charge in [-0.2, -0.15) is 5.26 Å². The molecule has 2 aromatic rings. The molecule has 0 aromatic heterocycles. The number of hydrogen-bond donors (Lipinski definition) is 2. The van der Waals surface area contributed by atoms with Gasteiger partial charge in [0.1, 0.15) is 5.84 Å². The Labute approximate surface area is 153 Å². The molecule has 2 aromatic carbocycles. The van der Waals surface area contributed by atoms with Crippen LogP contribution < -0.4 is 10.6 Å². The summed E-state index contributed by atoms with van der Waals surface area (Å²) < 4.78 is 5.58. The van der Waals surface area contributed by atoms with Crippen LogP contribution in [0.2, 0.25) is 0 Å². The summed E-state index contributed by atoms with van der Waals surface area (Å²) in [5, 5.41) is 16.4. The minimum Gasteiger partial charge on any atom is -0.381 e. The predicted octanol–water partition coefficient (Wildman–Crippen LogP) is 3.85. The lowest BCUT2D eigenvalue weighted by Gasteiger charge is -2.43. The van der Waals surface area contributed by atoms with E-state index in [4.69, 9.17) is 9.73 Å². The zero-order valence-corrected chi connectivity index (χ0v) is 14.9.